The van der Waals surface area contributed by atoms with Crippen molar-refractivity contribution in [3.05, 3.63) is 29.3 Å². The first kappa shape index (κ1) is 17.0. The van der Waals surface area contributed by atoms with Crippen LogP contribution in [0.1, 0.15) is 44.4 Å². The molecule has 0 bridgehead atoms. The second kappa shape index (κ2) is 7.64. The van der Waals surface area contributed by atoms with E-state index >= 15 is 0 Å². The van der Waals surface area contributed by atoms with Gasteiger partial charge in [-0.3, -0.25) is 0 Å². The molecule has 1 rings (SSSR count). The highest BCUT2D eigenvalue weighted by atomic mass is 32.2. The van der Waals surface area contributed by atoms with Crippen LogP contribution in [0.4, 0.5) is 0 Å². The van der Waals surface area contributed by atoms with Crippen LogP contribution < -0.4 is 10.1 Å². The summed E-state index contributed by atoms with van der Waals surface area (Å²) in [7, 11) is -1.19. The van der Waals surface area contributed by atoms with Crippen molar-refractivity contribution in [1.82, 2.24) is 5.32 Å². The van der Waals surface area contributed by atoms with Crippen LogP contribution in [0.15, 0.2) is 18.2 Å². The Hall–Kier alpha value is -1.07. The molecule has 0 aromatic heterocycles. The molecule has 0 aliphatic rings. The molecule has 0 fully saturated rings. The third kappa shape index (κ3) is 4.80. The van der Waals surface area contributed by atoms with Gasteiger partial charge in [-0.25, -0.2) is 8.42 Å². The van der Waals surface area contributed by atoms with Crippen molar-refractivity contribution in [3.8, 4) is 5.75 Å². The maximum Gasteiger partial charge on any atom is 0.154 e. The second-order valence-electron chi connectivity index (χ2n) is 4.90. The third-order valence-corrected chi connectivity index (χ3v) is 4.99. The molecule has 1 atom stereocenters. The number of rotatable bonds is 8. The van der Waals surface area contributed by atoms with Crippen molar-refractivity contribution < 1.29 is 13.2 Å². The first-order valence-electron chi connectivity index (χ1n) is 7.06. The van der Waals surface area contributed by atoms with Crippen LogP contribution in [0.2, 0.25) is 0 Å². The molecule has 4 nitrogen and oxygen atoms in total. The van der Waals surface area contributed by atoms with Gasteiger partial charge in [0.2, 0.25) is 0 Å². The largest absolute Gasteiger partial charge is 0.494 e. The maximum atomic E-state index is 12.0. The van der Waals surface area contributed by atoms with Crippen molar-refractivity contribution in [3.63, 3.8) is 0 Å². The predicted octanol–water partition coefficient (Wildman–Crippen LogP) is 2.69. The minimum Gasteiger partial charge on any atom is -0.494 e. The minimum absolute atomic E-state index is 0.0421. The lowest BCUT2D eigenvalue weighted by molar-refractivity contribution is 0.337. The molecule has 0 saturated carbocycles. The van der Waals surface area contributed by atoms with E-state index < -0.39 is 9.84 Å². The van der Waals surface area contributed by atoms with Gasteiger partial charge in [0.15, 0.2) is 9.84 Å². The molecule has 0 amide bonds. The summed E-state index contributed by atoms with van der Waals surface area (Å²) in [5, 5.41) is 3.16. The lowest BCUT2D eigenvalue weighted by Crippen LogP contribution is -2.14. The Morgan fingerprint density at radius 3 is 2.55 bits per heavy atom. The van der Waals surface area contributed by atoms with Crippen LogP contribution >= 0.6 is 0 Å². The maximum absolute atomic E-state index is 12.0. The molecule has 5 heteroatoms. The Balaban J connectivity index is 3.11. The Morgan fingerprint density at radius 1 is 1.30 bits per heavy atom. The average Bonchev–Trinajstić information content (AvgIpc) is 2.39. The van der Waals surface area contributed by atoms with Crippen LogP contribution in [0, 0.1) is 0 Å². The molecular weight excluding hydrogens is 274 g/mol. The fourth-order valence-electron chi connectivity index (χ4n) is 2.06. The Morgan fingerprint density at radius 2 is 2.00 bits per heavy atom. The Labute approximate surface area is 122 Å². The quantitative estimate of drug-likeness (QED) is 0.802. The van der Waals surface area contributed by atoms with Crippen LogP contribution in [0.3, 0.4) is 0 Å². The lowest BCUT2D eigenvalue weighted by Gasteiger charge is -2.16. The van der Waals surface area contributed by atoms with Crippen LogP contribution in [0.5, 0.6) is 5.75 Å². The van der Waals surface area contributed by atoms with Crippen molar-refractivity contribution >= 4 is 9.84 Å². The van der Waals surface area contributed by atoms with E-state index in [4.69, 9.17) is 4.74 Å². The van der Waals surface area contributed by atoms with Gasteiger partial charge in [0, 0.05) is 11.6 Å². The van der Waals surface area contributed by atoms with E-state index in [2.05, 4.69) is 5.32 Å². The molecule has 1 N–H and O–H groups in total. The molecule has 0 spiro atoms. The molecule has 20 heavy (non-hydrogen) atoms. The summed E-state index contributed by atoms with van der Waals surface area (Å²) in [6, 6.07) is 5.95. The minimum atomic E-state index is -3.08. The average molecular weight is 299 g/mol. The number of hydrogen-bond acceptors (Lipinski definition) is 4. The molecule has 0 aliphatic heterocycles. The summed E-state index contributed by atoms with van der Waals surface area (Å²) in [5.41, 5.74) is 1.82. The zero-order valence-corrected chi connectivity index (χ0v) is 13.6. The van der Waals surface area contributed by atoms with Crippen molar-refractivity contribution in [2.24, 2.45) is 0 Å². The molecule has 114 valence electrons. The van der Waals surface area contributed by atoms with Crippen molar-refractivity contribution in [1.29, 1.82) is 0 Å². The third-order valence-electron chi connectivity index (χ3n) is 3.21. The molecule has 1 unspecified atom stereocenters. The predicted molar refractivity (Wildman–Crippen MR) is 82.9 cm³/mol. The second-order valence-corrected chi connectivity index (χ2v) is 7.09. The summed E-state index contributed by atoms with van der Waals surface area (Å²) < 4.78 is 29.6. The van der Waals surface area contributed by atoms with E-state index in [1.54, 1.807) is 0 Å². The normalized spacial score (nSPS) is 13.2. The van der Waals surface area contributed by atoms with Gasteiger partial charge in [-0.05, 0) is 45.0 Å². The topological polar surface area (TPSA) is 55.4 Å². The highest BCUT2D eigenvalue weighted by Crippen LogP contribution is 2.25. The molecule has 0 heterocycles. The first-order chi connectivity index (χ1) is 9.43. The number of hydrogen-bond donors (Lipinski definition) is 1. The highest BCUT2D eigenvalue weighted by Gasteiger charge is 2.16. The van der Waals surface area contributed by atoms with E-state index in [-0.39, 0.29) is 17.5 Å². The van der Waals surface area contributed by atoms with Gasteiger partial charge in [0.05, 0.1) is 18.1 Å². The Bertz CT molecular complexity index is 526. The molecule has 1 aromatic carbocycles. The van der Waals surface area contributed by atoms with Gasteiger partial charge in [-0.1, -0.05) is 13.0 Å². The fraction of sp³-hybridized carbons (Fsp3) is 0.600. The zero-order valence-electron chi connectivity index (χ0n) is 12.8. The molecule has 0 aliphatic carbocycles. The summed E-state index contributed by atoms with van der Waals surface area (Å²) >= 11 is 0. The highest BCUT2D eigenvalue weighted by molar-refractivity contribution is 7.90. The van der Waals surface area contributed by atoms with Crippen LogP contribution in [-0.4, -0.2) is 27.8 Å². The standard InChI is InChI=1S/C15H25NO3S/c1-5-9-20(17,18)11-14-10-13(12(3)16-4)7-8-15(14)19-6-2/h7-8,10,12,16H,5-6,9,11H2,1-4H3. The zero-order chi connectivity index (χ0) is 15.2. The van der Waals surface area contributed by atoms with Crippen molar-refractivity contribution in [2.75, 3.05) is 19.4 Å². The SMILES string of the molecule is CCCS(=O)(=O)Cc1cc(C(C)NC)ccc1OCC. The van der Waals surface area contributed by atoms with Crippen molar-refractivity contribution in [2.45, 2.75) is 39.0 Å². The van der Waals surface area contributed by atoms with E-state index in [1.807, 2.05) is 46.0 Å². The van der Waals surface area contributed by atoms with Gasteiger partial charge in [-0.2, -0.15) is 0 Å². The van der Waals surface area contributed by atoms with E-state index in [0.717, 1.165) is 11.1 Å². The summed E-state index contributed by atoms with van der Waals surface area (Å²) in [6.45, 7) is 6.34. The van der Waals surface area contributed by atoms with Crippen LogP contribution in [-0.2, 0) is 15.6 Å². The monoisotopic (exact) mass is 299 g/mol. The molecule has 0 saturated heterocycles. The van der Waals surface area contributed by atoms with Gasteiger partial charge in [-0.15, -0.1) is 0 Å². The van der Waals surface area contributed by atoms with Gasteiger partial charge in [0.1, 0.15) is 5.75 Å². The number of benzene rings is 1. The molecular formula is C15H25NO3S. The molecule has 1 aromatic rings. The fourth-order valence-corrected chi connectivity index (χ4v) is 3.53. The summed E-state index contributed by atoms with van der Waals surface area (Å²) in [4.78, 5) is 0. The van der Waals surface area contributed by atoms with E-state index in [1.165, 1.54) is 0 Å². The van der Waals surface area contributed by atoms with Gasteiger partial charge >= 0.3 is 0 Å². The smallest absolute Gasteiger partial charge is 0.154 e. The summed E-state index contributed by atoms with van der Waals surface area (Å²) in [5.74, 6) is 0.921. The van der Waals surface area contributed by atoms with E-state index in [9.17, 15) is 8.42 Å². The first-order valence-corrected chi connectivity index (χ1v) is 8.89. The summed E-state index contributed by atoms with van der Waals surface area (Å²) in [6.07, 6.45) is 0.638. The molecule has 0 radical (unpaired) electrons. The van der Waals surface area contributed by atoms with Gasteiger partial charge < -0.3 is 10.1 Å². The van der Waals surface area contributed by atoms with E-state index in [0.29, 0.717) is 18.8 Å². The number of ether oxygens (including phenoxy) is 1. The number of sulfone groups is 1. The lowest BCUT2D eigenvalue weighted by atomic mass is 10.1. The Kier molecular flexibility index (Phi) is 6.49. The van der Waals surface area contributed by atoms with Gasteiger partial charge in [0.25, 0.3) is 0 Å². The van der Waals surface area contributed by atoms with Crippen LogP contribution in [0.25, 0.3) is 0 Å². The number of nitrogens with one attached hydrogen (secondary N) is 1.